The van der Waals surface area contributed by atoms with Gasteiger partial charge in [0.15, 0.2) is 0 Å². The number of imidazole rings is 1. The summed E-state index contributed by atoms with van der Waals surface area (Å²) in [6, 6.07) is 13.0. The van der Waals surface area contributed by atoms with Crippen molar-refractivity contribution >= 4 is 34.8 Å². The molecule has 6 heteroatoms. The maximum absolute atomic E-state index is 12.8. The molecule has 0 radical (unpaired) electrons. The van der Waals surface area contributed by atoms with E-state index in [1.54, 1.807) is 6.07 Å². The molecule has 1 aliphatic rings. The zero-order valence-corrected chi connectivity index (χ0v) is 15.7. The number of carbonyl (C=O) groups is 2. The molecule has 0 unspecified atom stereocenters. The van der Waals surface area contributed by atoms with E-state index >= 15 is 0 Å². The van der Waals surface area contributed by atoms with Gasteiger partial charge in [0.25, 0.3) is 5.91 Å². The molecule has 0 saturated carbocycles. The molecule has 0 bridgehead atoms. The first-order chi connectivity index (χ1) is 13.2. The number of aromatic nitrogens is 2. The summed E-state index contributed by atoms with van der Waals surface area (Å²) < 4.78 is 1.92. The van der Waals surface area contributed by atoms with Gasteiger partial charge >= 0.3 is 0 Å². The summed E-state index contributed by atoms with van der Waals surface area (Å²) >= 11 is 6.14. The van der Waals surface area contributed by atoms with Gasteiger partial charge in [-0.25, -0.2) is 4.98 Å². The Morgan fingerprint density at radius 2 is 1.93 bits per heavy atom. The first kappa shape index (κ1) is 17.7. The monoisotopic (exact) mass is 381 g/mol. The maximum Gasteiger partial charge on any atom is 0.253 e. The molecule has 2 heterocycles. The molecule has 1 amide bonds. The third kappa shape index (κ3) is 3.47. The Bertz CT molecular complexity index is 1010. The predicted molar refractivity (Wildman–Crippen MR) is 106 cm³/mol. The second-order valence-electron chi connectivity index (χ2n) is 6.77. The summed E-state index contributed by atoms with van der Waals surface area (Å²) in [6.07, 6.45) is 4.32. The highest BCUT2D eigenvalue weighted by Gasteiger charge is 2.20. The number of aldehydes is 1. The fraction of sp³-hybridized carbons (Fsp3) is 0.286. The molecule has 27 heavy (non-hydrogen) atoms. The number of fused-ring (bicyclic) bond motifs is 1. The standard InChI is InChI=1S/C21H20ClN3O2/c22-16-5-4-6-17(14-16)25-19-8-7-15(13-18(19)23-20(25)9-12-26)21(27)24-10-2-1-3-11-24/h4-8,12-14H,1-3,9-11H2. The molecule has 0 atom stereocenters. The number of carbonyl (C=O) groups excluding carboxylic acids is 2. The highest BCUT2D eigenvalue weighted by molar-refractivity contribution is 6.30. The minimum atomic E-state index is 0.0471. The average Bonchev–Trinajstić information content (AvgIpc) is 3.05. The van der Waals surface area contributed by atoms with Gasteiger partial charge in [0.2, 0.25) is 0 Å². The fourth-order valence-corrected chi connectivity index (χ4v) is 3.84. The summed E-state index contributed by atoms with van der Waals surface area (Å²) in [5.41, 5.74) is 3.04. The number of hydrogen-bond donors (Lipinski definition) is 0. The summed E-state index contributed by atoms with van der Waals surface area (Å²) in [5, 5.41) is 0.614. The summed E-state index contributed by atoms with van der Waals surface area (Å²) in [5.74, 6) is 0.677. The average molecular weight is 382 g/mol. The lowest BCUT2D eigenvalue weighted by Gasteiger charge is -2.26. The molecule has 0 aliphatic carbocycles. The third-order valence-electron chi connectivity index (χ3n) is 4.95. The number of rotatable bonds is 4. The van der Waals surface area contributed by atoms with E-state index in [-0.39, 0.29) is 12.3 Å². The van der Waals surface area contributed by atoms with Gasteiger partial charge in [-0.05, 0) is 55.7 Å². The predicted octanol–water partition coefficient (Wildman–Crippen LogP) is 4.05. The number of amides is 1. The van der Waals surface area contributed by atoms with Crippen LogP contribution in [0.5, 0.6) is 0 Å². The van der Waals surface area contributed by atoms with Gasteiger partial charge in [-0.15, -0.1) is 0 Å². The van der Waals surface area contributed by atoms with E-state index in [9.17, 15) is 9.59 Å². The SMILES string of the molecule is O=CCc1nc2cc(C(=O)N3CCCCC3)ccc2n1-c1cccc(Cl)c1. The van der Waals surface area contributed by atoms with Crippen molar-refractivity contribution in [3.05, 3.63) is 58.9 Å². The highest BCUT2D eigenvalue weighted by Crippen LogP contribution is 2.25. The molecule has 1 fully saturated rings. The van der Waals surface area contributed by atoms with Crippen LogP contribution in [0.4, 0.5) is 0 Å². The molecule has 1 saturated heterocycles. The van der Waals surface area contributed by atoms with Crippen LogP contribution >= 0.6 is 11.6 Å². The van der Waals surface area contributed by atoms with E-state index in [0.717, 1.165) is 43.4 Å². The lowest BCUT2D eigenvalue weighted by atomic mass is 10.1. The van der Waals surface area contributed by atoms with E-state index < -0.39 is 0 Å². The Labute approximate surface area is 162 Å². The number of nitrogens with zero attached hydrogens (tertiary/aromatic N) is 3. The van der Waals surface area contributed by atoms with Crippen LogP contribution in [0.2, 0.25) is 5.02 Å². The molecule has 5 nitrogen and oxygen atoms in total. The highest BCUT2D eigenvalue weighted by atomic mass is 35.5. The van der Waals surface area contributed by atoms with Crippen LogP contribution in [0.25, 0.3) is 16.7 Å². The van der Waals surface area contributed by atoms with E-state index in [2.05, 4.69) is 4.98 Å². The number of piperidine rings is 1. The van der Waals surface area contributed by atoms with Crippen LogP contribution in [0, 0.1) is 0 Å². The minimum Gasteiger partial charge on any atom is -0.339 e. The first-order valence-corrected chi connectivity index (χ1v) is 9.55. The minimum absolute atomic E-state index is 0.0471. The normalized spacial score (nSPS) is 14.5. The van der Waals surface area contributed by atoms with Gasteiger partial charge in [0.05, 0.1) is 17.5 Å². The second-order valence-corrected chi connectivity index (χ2v) is 7.21. The Kier molecular flexibility index (Phi) is 4.94. The molecule has 1 aromatic heterocycles. The van der Waals surface area contributed by atoms with Gasteiger partial charge in [-0.1, -0.05) is 17.7 Å². The third-order valence-corrected chi connectivity index (χ3v) is 5.18. The van der Waals surface area contributed by atoms with Crippen molar-refractivity contribution in [1.29, 1.82) is 0 Å². The molecule has 2 aromatic carbocycles. The van der Waals surface area contributed by atoms with Crippen LogP contribution in [-0.4, -0.2) is 39.7 Å². The van der Waals surface area contributed by atoms with Crippen molar-refractivity contribution in [1.82, 2.24) is 14.5 Å². The molecular weight excluding hydrogens is 362 g/mol. The molecule has 0 N–H and O–H groups in total. The molecule has 0 spiro atoms. The van der Waals surface area contributed by atoms with Gasteiger partial charge in [-0.2, -0.15) is 0 Å². The van der Waals surface area contributed by atoms with Gasteiger partial charge in [0, 0.05) is 29.4 Å². The Balaban J connectivity index is 1.78. The molecule has 1 aliphatic heterocycles. The largest absolute Gasteiger partial charge is 0.339 e. The van der Waals surface area contributed by atoms with Crippen molar-refractivity contribution in [3.63, 3.8) is 0 Å². The van der Waals surface area contributed by atoms with Crippen molar-refractivity contribution in [2.24, 2.45) is 0 Å². The topological polar surface area (TPSA) is 55.2 Å². The maximum atomic E-state index is 12.8. The van der Waals surface area contributed by atoms with Gasteiger partial charge in [-0.3, -0.25) is 9.36 Å². The number of benzene rings is 2. The lowest BCUT2D eigenvalue weighted by Crippen LogP contribution is -2.35. The molecule has 138 valence electrons. The van der Waals surface area contributed by atoms with Crippen LogP contribution in [0.15, 0.2) is 42.5 Å². The Hall–Kier alpha value is -2.66. The van der Waals surface area contributed by atoms with Crippen molar-refractivity contribution in [2.45, 2.75) is 25.7 Å². The van der Waals surface area contributed by atoms with E-state index in [4.69, 9.17) is 11.6 Å². The smallest absolute Gasteiger partial charge is 0.253 e. The van der Waals surface area contributed by atoms with Crippen molar-refractivity contribution in [2.75, 3.05) is 13.1 Å². The van der Waals surface area contributed by atoms with Crippen LogP contribution in [0.3, 0.4) is 0 Å². The van der Waals surface area contributed by atoms with E-state index in [0.29, 0.717) is 21.9 Å². The molecule has 4 rings (SSSR count). The first-order valence-electron chi connectivity index (χ1n) is 9.17. The summed E-state index contributed by atoms with van der Waals surface area (Å²) in [7, 11) is 0. The zero-order valence-electron chi connectivity index (χ0n) is 14.9. The summed E-state index contributed by atoms with van der Waals surface area (Å²) in [6.45, 7) is 1.62. The lowest BCUT2D eigenvalue weighted by molar-refractivity contribution is -0.107. The van der Waals surface area contributed by atoms with Crippen molar-refractivity contribution < 1.29 is 9.59 Å². The molecular formula is C21H20ClN3O2. The second kappa shape index (κ2) is 7.53. The van der Waals surface area contributed by atoms with E-state index in [1.807, 2.05) is 45.9 Å². The van der Waals surface area contributed by atoms with Crippen LogP contribution < -0.4 is 0 Å². The van der Waals surface area contributed by atoms with Crippen molar-refractivity contribution in [3.8, 4) is 5.69 Å². The summed E-state index contributed by atoms with van der Waals surface area (Å²) in [4.78, 5) is 30.5. The Morgan fingerprint density at radius 1 is 1.11 bits per heavy atom. The van der Waals surface area contributed by atoms with Gasteiger partial charge in [0.1, 0.15) is 12.1 Å². The molecule has 3 aromatic rings. The fourth-order valence-electron chi connectivity index (χ4n) is 3.66. The van der Waals surface area contributed by atoms with Gasteiger partial charge < -0.3 is 9.69 Å². The van der Waals surface area contributed by atoms with Crippen LogP contribution in [-0.2, 0) is 11.2 Å². The quantitative estimate of drug-likeness (QED) is 0.641. The van der Waals surface area contributed by atoms with E-state index in [1.165, 1.54) is 6.42 Å². The number of halogens is 1. The number of likely N-dealkylation sites (tertiary alicyclic amines) is 1. The van der Waals surface area contributed by atoms with Crippen LogP contribution in [0.1, 0.15) is 35.4 Å². The zero-order chi connectivity index (χ0) is 18.8. The Morgan fingerprint density at radius 3 is 2.67 bits per heavy atom. The number of hydrogen-bond acceptors (Lipinski definition) is 3.